The first-order valence-corrected chi connectivity index (χ1v) is 6.91. The minimum absolute atomic E-state index is 0.438. The Bertz CT molecular complexity index is 280. The second kappa shape index (κ2) is 5.70. The Hall–Kier alpha value is -0.520. The summed E-state index contributed by atoms with van der Waals surface area (Å²) < 4.78 is 0. The molecule has 1 rings (SSSR count). The van der Waals surface area contributed by atoms with Crippen molar-refractivity contribution in [3.05, 3.63) is 23.3 Å². The van der Waals surface area contributed by atoms with E-state index in [0.717, 1.165) is 5.92 Å². The van der Waals surface area contributed by atoms with E-state index in [9.17, 15) is 0 Å². The van der Waals surface area contributed by atoms with Crippen LogP contribution in [0.25, 0.3) is 0 Å². The van der Waals surface area contributed by atoms with E-state index in [-0.39, 0.29) is 0 Å². The summed E-state index contributed by atoms with van der Waals surface area (Å²) in [5, 5.41) is 0. The minimum Gasteiger partial charge on any atom is -0.0874 e. The molecule has 0 nitrogen and oxygen atoms in total. The zero-order valence-corrected chi connectivity index (χ0v) is 11.8. The molecule has 0 heteroatoms. The molecule has 0 aromatic heterocycles. The van der Waals surface area contributed by atoms with Crippen molar-refractivity contribution in [2.45, 2.75) is 66.7 Å². The van der Waals surface area contributed by atoms with Gasteiger partial charge >= 0.3 is 0 Å². The van der Waals surface area contributed by atoms with Crippen molar-refractivity contribution in [3.63, 3.8) is 0 Å². The maximum absolute atomic E-state index is 2.39. The van der Waals surface area contributed by atoms with Crippen molar-refractivity contribution in [2.24, 2.45) is 11.3 Å². The normalized spacial score (nSPS) is 27.9. The van der Waals surface area contributed by atoms with Crippen molar-refractivity contribution in [1.82, 2.24) is 0 Å². The van der Waals surface area contributed by atoms with Crippen LogP contribution < -0.4 is 0 Å². The first-order valence-electron chi connectivity index (χ1n) is 6.91. The molecule has 92 valence electrons. The Labute approximate surface area is 102 Å². The van der Waals surface area contributed by atoms with Gasteiger partial charge in [-0.15, -0.1) is 0 Å². The average molecular weight is 220 g/mol. The third-order valence-electron chi connectivity index (χ3n) is 4.49. The highest BCUT2D eigenvalue weighted by Gasteiger charge is 2.36. The highest BCUT2D eigenvalue weighted by molar-refractivity contribution is 5.33. The van der Waals surface area contributed by atoms with Crippen LogP contribution in [-0.4, -0.2) is 0 Å². The molecule has 1 atom stereocenters. The maximum Gasteiger partial charge on any atom is -0.00273 e. The van der Waals surface area contributed by atoms with E-state index in [4.69, 9.17) is 0 Å². The van der Waals surface area contributed by atoms with Crippen LogP contribution in [0.5, 0.6) is 0 Å². The van der Waals surface area contributed by atoms with Crippen molar-refractivity contribution in [1.29, 1.82) is 0 Å². The summed E-state index contributed by atoms with van der Waals surface area (Å²) in [5.74, 6) is 0.747. The molecule has 0 saturated carbocycles. The van der Waals surface area contributed by atoms with E-state index < -0.39 is 0 Å². The fourth-order valence-corrected chi connectivity index (χ4v) is 3.37. The van der Waals surface area contributed by atoms with Gasteiger partial charge in [0.2, 0.25) is 0 Å². The minimum atomic E-state index is 0.438. The zero-order valence-electron chi connectivity index (χ0n) is 11.8. The Morgan fingerprint density at radius 1 is 1.31 bits per heavy atom. The molecular weight excluding hydrogens is 192 g/mol. The predicted molar refractivity (Wildman–Crippen MR) is 73.5 cm³/mol. The summed E-state index contributed by atoms with van der Waals surface area (Å²) in [6.45, 7) is 11.6. The molecule has 1 unspecified atom stereocenters. The third kappa shape index (κ3) is 2.42. The largest absolute Gasteiger partial charge is 0.0874 e. The lowest BCUT2D eigenvalue weighted by atomic mass is 9.66. The van der Waals surface area contributed by atoms with Crippen molar-refractivity contribution >= 4 is 0 Å². The van der Waals surface area contributed by atoms with Crippen molar-refractivity contribution < 1.29 is 0 Å². The summed E-state index contributed by atoms with van der Waals surface area (Å²) in [7, 11) is 0. The van der Waals surface area contributed by atoms with E-state index in [2.05, 4.69) is 46.8 Å². The van der Waals surface area contributed by atoms with Gasteiger partial charge in [-0.3, -0.25) is 0 Å². The smallest absolute Gasteiger partial charge is 0.00273 e. The molecule has 0 aromatic rings. The van der Waals surface area contributed by atoms with Gasteiger partial charge in [0.25, 0.3) is 0 Å². The molecule has 1 aliphatic carbocycles. The number of allylic oxidation sites excluding steroid dienone is 4. The summed E-state index contributed by atoms with van der Waals surface area (Å²) in [5.41, 5.74) is 3.71. The molecule has 0 saturated heterocycles. The van der Waals surface area contributed by atoms with Crippen LogP contribution >= 0.6 is 0 Å². The van der Waals surface area contributed by atoms with Gasteiger partial charge in [-0.2, -0.15) is 0 Å². The standard InChI is InChI=1S/C16H28/c1-6-10-15-14(5)11-8-9-12-16(15,7-2)13(3)4/h6,10,13H,7-9,11-12H2,1-5H3/b10-6-. The fraction of sp³-hybridized carbons (Fsp3) is 0.750. The highest BCUT2D eigenvalue weighted by atomic mass is 14.4. The molecule has 0 N–H and O–H groups in total. The van der Waals surface area contributed by atoms with Crippen LogP contribution in [0, 0.1) is 11.3 Å². The molecule has 0 heterocycles. The zero-order chi connectivity index (χ0) is 12.2. The van der Waals surface area contributed by atoms with Crippen LogP contribution in [0.3, 0.4) is 0 Å². The van der Waals surface area contributed by atoms with Gasteiger partial charge in [0.05, 0.1) is 0 Å². The van der Waals surface area contributed by atoms with Crippen LogP contribution in [0.15, 0.2) is 23.3 Å². The fourth-order valence-electron chi connectivity index (χ4n) is 3.37. The second-order valence-corrected chi connectivity index (χ2v) is 5.57. The summed E-state index contributed by atoms with van der Waals surface area (Å²) in [6, 6.07) is 0. The number of hydrogen-bond donors (Lipinski definition) is 0. The maximum atomic E-state index is 2.39. The second-order valence-electron chi connectivity index (χ2n) is 5.57. The monoisotopic (exact) mass is 220 g/mol. The molecule has 0 fully saturated rings. The third-order valence-corrected chi connectivity index (χ3v) is 4.49. The Balaban J connectivity index is 3.24. The summed E-state index contributed by atoms with van der Waals surface area (Å²) >= 11 is 0. The summed E-state index contributed by atoms with van der Waals surface area (Å²) in [4.78, 5) is 0. The van der Waals surface area contributed by atoms with E-state index in [1.807, 2.05) is 0 Å². The molecule has 0 spiro atoms. The molecular formula is C16H28. The highest BCUT2D eigenvalue weighted by Crippen LogP contribution is 2.48. The molecule has 0 radical (unpaired) electrons. The van der Waals surface area contributed by atoms with Crippen LogP contribution in [0.4, 0.5) is 0 Å². The Kier molecular flexibility index (Phi) is 4.83. The topological polar surface area (TPSA) is 0 Å². The van der Waals surface area contributed by atoms with Gasteiger partial charge in [-0.05, 0) is 56.4 Å². The SMILES string of the molecule is C/C=C\C1=C(C)CCCCC1(CC)C(C)C. The van der Waals surface area contributed by atoms with Gasteiger partial charge in [-0.25, -0.2) is 0 Å². The average Bonchev–Trinajstić information content (AvgIpc) is 2.41. The number of hydrogen-bond acceptors (Lipinski definition) is 0. The molecule has 0 amide bonds. The van der Waals surface area contributed by atoms with E-state index in [1.165, 1.54) is 32.1 Å². The van der Waals surface area contributed by atoms with E-state index in [0.29, 0.717) is 5.41 Å². The van der Waals surface area contributed by atoms with Gasteiger partial charge in [0.1, 0.15) is 0 Å². The lowest BCUT2D eigenvalue weighted by molar-refractivity contribution is 0.217. The van der Waals surface area contributed by atoms with E-state index >= 15 is 0 Å². The van der Waals surface area contributed by atoms with Gasteiger partial charge in [-0.1, -0.05) is 44.9 Å². The van der Waals surface area contributed by atoms with Gasteiger partial charge in [0.15, 0.2) is 0 Å². The van der Waals surface area contributed by atoms with Crippen molar-refractivity contribution in [3.8, 4) is 0 Å². The lowest BCUT2D eigenvalue weighted by Crippen LogP contribution is -2.28. The molecule has 0 bridgehead atoms. The quantitative estimate of drug-likeness (QED) is 0.588. The predicted octanol–water partition coefficient (Wildman–Crippen LogP) is 5.51. The van der Waals surface area contributed by atoms with Crippen molar-refractivity contribution in [2.75, 3.05) is 0 Å². The summed E-state index contributed by atoms with van der Waals surface area (Å²) in [6.07, 6.45) is 11.3. The molecule has 1 aliphatic rings. The van der Waals surface area contributed by atoms with Gasteiger partial charge < -0.3 is 0 Å². The van der Waals surface area contributed by atoms with E-state index in [1.54, 1.807) is 11.1 Å². The first kappa shape index (κ1) is 13.5. The van der Waals surface area contributed by atoms with Crippen LogP contribution in [0.1, 0.15) is 66.7 Å². The first-order chi connectivity index (χ1) is 7.58. The van der Waals surface area contributed by atoms with Gasteiger partial charge in [0, 0.05) is 0 Å². The molecule has 0 aliphatic heterocycles. The lowest BCUT2D eigenvalue weighted by Gasteiger charge is -2.39. The van der Waals surface area contributed by atoms with Crippen LogP contribution in [-0.2, 0) is 0 Å². The Morgan fingerprint density at radius 3 is 2.50 bits per heavy atom. The molecule has 0 aromatic carbocycles. The molecule has 16 heavy (non-hydrogen) atoms. The van der Waals surface area contributed by atoms with Crippen LogP contribution in [0.2, 0.25) is 0 Å². The number of rotatable bonds is 3. The Morgan fingerprint density at radius 2 is 2.00 bits per heavy atom.